The van der Waals surface area contributed by atoms with Crippen molar-refractivity contribution in [2.75, 3.05) is 0 Å². The van der Waals surface area contributed by atoms with Crippen LogP contribution in [0.2, 0.25) is 0 Å². The average molecular weight is 184 g/mol. The number of ketones is 1. The zero-order chi connectivity index (χ0) is 10.1. The number of carboxylic acid groups (broad SMARTS) is 1. The molecule has 0 aromatic heterocycles. The molecule has 1 aliphatic rings. The van der Waals surface area contributed by atoms with E-state index in [0.717, 1.165) is 0 Å². The summed E-state index contributed by atoms with van der Waals surface area (Å²) in [4.78, 5) is 21.6. The van der Waals surface area contributed by atoms with Gasteiger partial charge in [0.15, 0.2) is 5.78 Å². The van der Waals surface area contributed by atoms with Crippen molar-refractivity contribution in [3.05, 3.63) is 11.8 Å². The molecular weight excluding hydrogens is 172 g/mol. The van der Waals surface area contributed by atoms with Crippen LogP contribution < -0.4 is 0 Å². The van der Waals surface area contributed by atoms with Gasteiger partial charge in [-0.15, -0.1) is 0 Å². The molecule has 1 atom stereocenters. The van der Waals surface area contributed by atoms with Gasteiger partial charge in [0.25, 0.3) is 0 Å². The zero-order valence-electron chi connectivity index (χ0n) is 7.66. The van der Waals surface area contributed by atoms with Crippen LogP contribution in [0.4, 0.5) is 0 Å². The summed E-state index contributed by atoms with van der Waals surface area (Å²) in [5.74, 6) is -0.544. The molecule has 1 rings (SSSR count). The smallest absolute Gasteiger partial charge is 0.307 e. The van der Waals surface area contributed by atoms with Gasteiger partial charge in [-0.25, -0.2) is 0 Å². The topological polar surface area (TPSA) is 63.6 Å². The van der Waals surface area contributed by atoms with Crippen LogP contribution >= 0.6 is 0 Å². The van der Waals surface area contributed by atoms with Gasteiger partial charge in [0.1, 0.15) is 5.60 Å². The predicted molar refractivity (Wildman–Crippen MR) is 45.1 cm³/mol. The lowest BCUT2D eigenvalue weighted by molar-refractivity contribution is -0.144. The van der Waals surface area contributed by atoms with Crippen molar-refractivity contribution in [3.8, 4) is 0 Å². The SMILES string of the molecule is CC1=CC(=O)C[C@@](C)(CC(=O)O)O1. The Kier molecular flexibility index (Phi) is 2.40. The van der Waals surface area contributed by atoms with Gasteiger partial charge in [0.05, 0.1) is 18.6 Å². The van der Waals surface area contributed by atoms with Crippen molar-refractivity contribution in [3.63, 3.8) is 0 Å². The van der Waals surface area contributed by atoms with E-state index in [0.29, 0.717) is 5.76 Å². The van der Waals surface area contributed by atoms with Crippen molar-refractivity contribution < 1.29 is 19.4 Å². The molecule has 0 radical (unpaired) electrons. The molecule has 0 bridgehead atoms. The van der Waals surface area contributed by atoms with Gasteiger partial charge in [-0.05, 0) is 13.8 Å². The summed E-state index contributed by atoms with van der Waals surface area (Å²) < 4.78 is 5.31. The Morgan fingerprint density at radius 1 is 1.77 bits per heavy atom. The number of aliphatic carboxylic acids is 1. The lowest BCUT2D eigenvalue weighted by atomic mass is 9.93. The molecule has 1 N–H and O–H groups in total. The molecule has 0 spiro atoms. The Labute approximate surface area is 76.2 Å². The highest BCUT2D eigenvalue weighted by Gasteiger charge is 2.34. The summed E-state index contributed by atoms with van der Waals surface area (Å²) in [6.45, 7) is 3.28. The monoisotopic (exact) mass is 184 g/mol. The maximum atomic E-state index is 11.1. The van der Waals surface area contributed by atoms with E-state index in [1.807, 2.05) is 0 Å². The molecule has 0 amide bonds. The van der Waals surface area contributed by atoms with Crippen molar-refractivity contribution >= 4 is 11.8 Å². The van der Waals surface area contributed by atoms with Gasteiger partial charge in [-0.3, -0.25) is 9.59 Å². The predicted octanol–water partition coefficient (Wildman–Crippen LogP) is 1.11. The van der Waals surface area contributed by atoms with Gasteiger partial charge >= 0.3 is 5.97 Å². The third kappa shape index (κ3) is 2.57. The Morgan fingerprint density at radius 3 is 2.85 bits per heavy atom. The highest BCUT2D eigenvalue weighted by atomic mass is 16.5. The number of allylic oxidation sites excluding steroid dienone is 2. The molecule has 4 nitrogen and oxygen atoms in total. The first-order valence-corrected chi connectivity index (χ1v) is 4.03. The van der Waals surface area contributed by atoms with E-state index in [4.69, 9.17) is 9.84 Å². The lowest BCUT2D eigenvalue weighted by Crippen LogP contribution is -2.36. The number of ether oxygens (including phenoxy) is 1. The van der Waals surface area contributed by atoms with Crippen molar-refractivity contribution in [1.29, 1.82) is 0 Å². The molecule has 0 aromatic carbocycles. The van der Waals surface area contributed by atoms with Crippen LogP contribution in [0.15, 0.2) is 11.8 Å². The zero-order valence-corrected chi connectivity index (χ0v) is 7.66. The van der Waals surface area contributed by atoms with E-state index < -0.39 is 11.6 Å². The highest BCUT2D eigenvalue weighted by Crippen LogP contribution is 2.28. The van der Waals surface area contributed by atoms with E-state index in [1.54, 1.807) is 13.8 Å². The third-order valence-electron chi connectivity index (χ3n) is 1.84. The van der Waals surface area contributed by atoms with E-state index in [1.165, 1.54) is 6.08 Å². The van der Waals surface area contributed by atoms with E-state index in [-0.39, 0.29) is 18.6 Å². The Balaban J connectivity index is 2.77. The number of carboxylic acids is 1. The fourth-order valence-electron chi connectivity index (χ4n) is 1.52. The molecule has 72 valence electrons. The molecule has 0 aromatic rings. The molecule has 1 aliphatic heterocycles. The second-order valence-corrected chi connectivity index (χ2v) is 3.52. The summed E-state index contributed by atoms with van der Waals surface area (Å²) in [7, 11) is 0. The number of carbonyl (C=O) groups excluding carboxylic acids is 1. The molecule has 0 unspecified atom stereocenters. The van der Waals surface area contributed by atoms with Crippen LogP contribution in [0.25, 0.3) is 0 Å². The van der Waals surface area contributed by atoms with Crippen LogP contribution in [0, 0.1) is 0 Å². The first kappa shape index (κ1) is 9.77. The van der Waals surface area contributed by atoms with Gasteiger partial charge < -0.3 is 9.84 Å². The minimum atomic E-state index is -0.954. The third-order valence-corrected chi connectivity index (χ3v) is 1.84. The molecule has 1 heterocycles. The number of hydrogen-bond donors (Lipinski definition) is 1. The Hall–Kier alpha value is -1.32. The van der Waals surface area contributed by atoms with E-state index in [9.17, 15) is 9.59 Å². The normalized spacial score (nSPS) is 27.8. The van der Waals surface area contributed by atoms with Crippen LogP contribution in [-0.4, -0.2) is 22.5 Å². The lowest BCUT2D eigenvalue weighted by Gasteiger charge is -2.31. The summed E-state index contributed by atoms with van der Waals surface area (Å²) in [5, 5.41) is 8.59. The Morgan fingerprint density at radius 2 is 2.38 bits per heavy atom. The summed E-state index contributed by atoms with van der Waals surface area (Å²) in [6, 6.07) is 0. The fourth-order valence-corrected chi connectivity index (χ4v) is 1.52. The summed E-state index contributed by atoms with van der Waals surface area (Å²) >= 11 is 0. The second-order valence-electron chi connectivity index (χ2n) is 3.52. The van der Waals surface area contributed by atoms with Gasteiger partial charge in [-0.1, -0.05) is 0 Å². The molecule has 0 aliphatic carbocycles. The van der Waals surface area contributed by atoms with Crippen LogP contribution in [0.3, 0.4) is 0 Å². The van der Waals surface area contributed by atoms with Gasteiger partial charge in [-0.2, -0.15) is 0 Å². The number of rotatable bonds is 2. The fraction of sp³-hybridized carbons (Fsp3) is 0.556. The summed E-state index contributed by atoms with van der Waals surface area (Å²) in [6.07, 6.45) is 1.38. The largest absolute Gasteiger partial charge is 0.491 e. The minimum Gasteiger partial charge on any atom is -0.491 e. The quantitative estimate of drug-likeness (QED) is 0.698. The molecule has 0 fully saturated rings. The second kappa shape index (κ2) is 3.20. The Bertz CT molecular complexity index is 279. The first-order valence-electron chi connectivity index (χ1n) is 4.03. The molecule has 0 saturated heterocycles. The van der Waals surface area contributed by atoms with Crippen molar-refractivity contribution in [2.24, 2.45) is 0 Å². The van der Waals surface area contributed by atoms with Crippen LogP contribution in [-0.2, 0) is 14.3 Å². The maximum Gasteiger partial charge on any atom is 0.307 e. The average Bonchev–Trinajstić information content (AvgIpc) is 1.77. The van der Waals surface area contributed by atoms with Gasteiger partial charge in [0.2, 0.25) is 0 Å². The minimum absolute atomic E-state index is 0.0764. The molecular formula is C9H12O4. The van der Waals surface area contributed by atoms with Crippen molar-refractivity contribution in [2.45, 2.75) is 32.3 Å². The molecule has 13 heavy (non-hydrogen) atoms. The highest BCUT2D eigenvalue weighted by molar-refractivity contribution is 5.92. The maximum absolute atomic E-state index is 11.1. The number of carbonyl (C=O) groups is 2. The molecule has 4 heteroatoms. The van der Waals surface area contributed by atoms with Gasteiger partial charge in [0, 0.05) is 6.08 Å². The van der Waals surface area contributed by atoms with E-state index >= 15 is 0 Å². The number of hydrogen-bond acceptors (Lipinski definition) is 3. The first-order chi connectivity index (χ1) is 5.91. The molecule has 0 saturated carbocycles. The van der Waals surface area contributed by atoms with Crippen LogP contribution in [0.1, 0.15) is 26.7 Å². The van der Waals surface area contributed by atoms with E-state index in [2.05, 4.69) is 0 Å². The summed E-state index contributed by atoms with van der Waals surface area (Å²) in [5.41, 5.74) is -0.873. The van der Waals surface area contributed by atoms with Crippen LogP contribution in [0.5, 0.6) is 0 Å². The standard InChI is InChI=1S/C9H12O4/c1-6-3-7(10)4-9(2,13-6)5-8(11)12/h3H,4-5H2,1-2H3,(H,11,12)/t9-/m0/s1. The van der Waals surface area contributed by atoms with Crippen molar-refractivity contribution in [1.82, 2.24) is 0 Å².